The molecular weight excluding hydrogens is 268 g/mol. The number of nitrogens with one attached hydrogen (secondary N) is 1. The Kier molecular flexibility index (Phi) is 3.95. The van der Waals surface area contributed by atoms with E-state index in [9.17, 15) is 0 Å². The third-order valence-corrected chi connectivity index (χ3v) is 3.97. The smallest absolute Gasteiger partial charge is 0.0430 e. The van der Waals surface area contributed by atoms with Crippen molar-refractivity contribution >= 4 is 17.3 Å². The second-order valence-electron chi connectivity index (χ2n) is 5.42. The standard InChI is InChI=1S/C17H19ClN2/c1-13-11-20(12-14-5-4-7-16(18)9-14)17-8-3-2-6-15(17)10-19-13/h2-9,13,19H,10-12H2,1H3. The first-order valence-electron chi connectivity index (χ1n) is 7.03. The Bertz CT molecular complexity index is 597. The minimum absolute atomic E-state index is 0.474. The molecule has 1 aliphatic heterocycles. The highest BCUT2D eigenvalue weighted by Crippen LogP contribution is 2.25. The van der Waals surface area contributed by atoms with Crippen molar-refractivity contribution in [2.75, 3.05) is 11.4 Å². The Morgan fingerprint density at radius 2 is 2.05 bits per heavy atom. The Morgan fingerprint density at radius 1 is 1.20 bits per heavy atom. The van der Waals surface area contributed by atoms with Crippen molar-refractivity contribution in [1.29, 1.82) is 0 Å². The Hall–Kier alpha value is -1.51. The molecule has 1 aliphatic rings. The molecular formula is C17H19ClN2. The summed E-state index contributed by atoms with van der Waals surface area (Å²) < 4.78 is 0. The van der Waals surface area contributed by atoms with E-state index in [2.05, 4.69) is 47.5 Å². The van der Waals surface area contributed by atoms with Crippen LogP contribution in [0.25, 0.3) is 0 Å². The van der Waals surface area contributed by atoms with E-state index < -0.39 is 0 Å². The topological polar surface area (TPSA) is 15.3 Å². The predicted octanol–water partition coefficient (Wildman–Crippen LogP) is 3.84. The van der Waals surface area contributed by atoms with E-state index in [-0.39, 0.29) is 0 Å². The van der Waals surface area contributed by atoms with Gasteiger partial charge in [0.05, 0.1) is 0 Å². The van der Waals surface area contributed by atoms with E-state index >= 15 is 0 Å². The molecule has 2 nitrogen and oxygen atoms in total. The molecule has 0 aliphatic carbocycles. The van der Waals surface area contributed by atoms with Gasteiger partial charge in [-0.2, -0.15) is 0 Å². The zero-order valence-electron chi connectivity index (χ0n) is 11.6. The third-order valence-electron chi connectivity index (χ3n) is 3.73. The fourth-order valence-electron chi connectivity index (χ4n) is 2.75. The Labute approximate surface area is 125 Å². The van der Waals surface area contributed by atoms with Crippen LogP contribution in [0.1, 0.15) is 18.1 Å². The van der Waals surface area contributed by atoms with E-state index in [0.29, 0.717) is 6.04 Å². The first-order chi connectivity index (χ1) is 9.72. The normalized spacial score (nSPS) is 18.5. The van der Waals surface area contributed by atoms with E-state index in [0.717, 1.165) is 24.7 Å². The number of rotatable bonds is 2. The summed E-state index contributed by atoms with van der Waals surface area (Å²) in [4.78, 5) is 2.44. The zero-order chi connectivity index (χ0) is 13.9. The number of nitrogens with zero attached hydrogens (tertiary/aromatic N) is 1. The van der Waals surface area contributed by atoms with Gasteiger partial charge in [-0.25, -0.2) is 0 Å². The van der Waals surface area contributed by atoms with Crippen LogP contribution in [0.3, 0.4) is 0 Å². The number of hydrogen-bond donors (Lipinski definition) is 1. The number of hydrogen-bond acceptors (Lipinski definition) is 2. The Balaban J connectivity index is 1.90. The van der Waals surface area contributed by atoms with Crippen LogP contribution >= 0.6 is 11.6 Å². The highest BCUT2D eigenvalue weighted by atomic mass is 35.5. The summed E-state index contributed by atoms with van der Waals surface area (Å²) >= 11 is 6.09. The lowest BCUT2D eigenvalue weighted by Gasteiger charge is -2.26. The molecule has 1 unspecified atom stereocenters. The molecule has 1 atom stereocenters. The highest BCUT2D eigenvalue weighted by Gasteiger charge is 2.18. The molecule has 0 spiro atoms. The maximum absolute atomic E-state index is 6.09. The van der Waals surface area contributed by atoms with E-state index in [1.165, 1.54) is 16.8 Å². The molecule has 0 saturated carbocycles. The molecule has 3 rings (SSSR count). The van der Waals surface area contributed by atoms with Crippen LogP contribution in [0.15, 0.2) is 48.5 Å². The summed E-state index contributed by atoms with van der Waals surface area (Å²) in [5, 5.41) is 4.36. The summed E-state index contributed by atoms with van der Waals surface area (Å²) in [5.74, 6) is 0. The molecule has 0 amide bonds. The summed E-state index contributed by atoms with van der Waals surface area (Å²) in [5.41, 5.74) is 3.93. The van der Waals surface area contributed by atoms with Gasteiger partial charge in [0.2, 0.25) is 0 Å². The second-order valence-corrected chi connectivity index (χ2v) is 5.86. The van der Waals surface area contributed by atoms with Crippen LogP contribution in [0, 0.1) is 0 Å². The fraction of sp³-hybridized carbons (Fsp3) is 0.294. The second kappa shape index (κ2) is 5.86. The van der Waals surface area contributed by atoms with Gasteiger partial charge in [0.1, 0.15) is 0 Å². The molecule has 1 heterocycles. The highest BCUT2D eigenvalue weighted by molar-refractivity contribution is 6.30. The van der Waals surface area contributed by atoms with Crippen LogP contribution in [-0.2, 0) is 13.1 Å². The largest absolute Gasteiger partial charge is 0.365 e. The lowest BCUT2D eigenvalue weighted by Crippen LogP contribution is -2.35. The zero-order valence-corrected chi connectivity index (χ0v) is 12.4. The number of fused-ring (bicyclic) bond motifs is 1. The molecule has 20 heavy (non-hydrogen) atoms. The molecule has 0 bridgehead atoms. The van der Waals surface area contributed by atoms with Gasteiger partial charge in [0.15, 0.2) is 0 Å². The van der Waals surface area contributed by atoms with Crippen molar-refractivity contribution in [3.05, 3.63) is 64.7 Å². The van der Waals surface area contributed by atoms with E-state index in [4.69, 9.17) is 11.6 Å². The molecule has 2 aromatic carbocycles. The van der Waals surface area contributed by atoms with Gasteiger partial charge in [0, 0.05) is 36.4 Å². The maximum atomic E-state index is 6.09. The molecule has 0 radical (unpaired) electrons. The van der Waals surface area contributed by atoms with Crippen molar-refractivity contribution in [2.45, 2.75) is 26.1 Å². The fourth-order valence-corrected chi connectivity index (χ4v) is 2.96. The monoisotopic (exact) mass is 286 g/mol. The lowest BCUT2D eigenvalue weighted by molar-refractivity contribution is 0.552. The summed E-state index contributed by atoms with van der Waals surface area (Å²) in [6, 6.07) is 17.2. The van der Waals surface area contributed by atoms with Crippen LogP contribution in [0.4, 0.5) is 5.69 Å². The number of para-hydroxylation sites is 1. The lowest BCUT2D eigenvalue weighted by atomic mass is 10.1. The molecule has 104 valence electrons. The predicted molar refractivity (Wildman–Crippen MR) is 85.2 cm³/mol. The molecule has 2 aromatic rings. The SMILES string of the molecule is CC1CN(Cc2cccc(Cl)c2)c2ccccc2CN1. The first-order valence-corrected chi connectivity index (χ1v) is 7.41. The number of anilines is 1. The van der Waals surface area contributed by atoms with E-state index in [1.807, 2.05) is 18.2 Å². The van der Waals surface area contributed by atoms with Crippen molar-refractivity contribution in [3.8, 4) is 0 Å². The van der Waals surface area contributed by atoms with Gasteiger partial charge in [-0.1, -0.05) is 41.9 Å². The van der Waals surface area contributed by atoms with Crippen LogP contribution in [0.5, 0.6) is 0 Å². The van der Waals surface area contributed by atoms with Crippen molar-refractivity contribution in [1.82, 2.24) is 5.32 Å². The van der Waals surface area contributed by atoms with Crippen LogP contribution < -0.4 is 10.2 Å². The van der Waals surface area contributed by atoms with Gasteiger partial charge >= 0.3 is 0 Å². The number of halogens is 1. The average molecular weight is 287 g/mol. The summed E-state index contributed by atoms with van der Waals surface area (Å²) in [6.07, 6.45) is 0. The van der Waals surface area contributed by atoms with Crippen LogP contribution in [-0.4, -0.2) is 12.6 Å². The van der Waals surface area contributed by atoms with E-state index in [1.54, 1.807) is 0 Å². The van der Waals surface area contributed by atoms with Crippen molar-refractivity contribution < 1.29 is 0 Å². The maximum Gasteiger partial charge on any atom is 0.0430 e. The van der Waals surface area contributed by atoms with Crippen molar-refractivity contribution in [3.63, 3.8) is 0 Å². The first kappa shape index (κ1) is 13.5. The van der Waals surface area contributed by atoms with Crippen LogP contribution in [0.2, 0.25) is 5.02 Å². The quantitative estimate of drug-likeness (QED) is 0.902. The minimum atomic E-state index is 0.474. The molecule has 0 saturated heterocycles. The third kappa shape index (κ3) is 2.97. The molecule has 0 aromatic heterocycles. The summed E-state index contributed by atoms with van der Waals surface area (Å²) in [7, 11) is 0. The Morgan fingerprint density at radius 3 is 2.90 bits per heavy atom. The molecule has 0 fully saturated rings. The van der Waals surface area contributed by atoms with Gasteiger partial charge in [0.25, 0.3) is 0 Å². The average Bonchev–Trinajstić information content (AvgIpc) is 2.59. The molecule has 3 heteroatoms. The minimum Gasteiger partial charge on any atom is -0.365 e. The summed E-state index contributed by atoms with van der Waals surface area (Å²) in [6.45, 7) is 5.06. The van der Waals surface area contributed by atoms with Crippen molar-refractivity contribution in [2.24, 2.45) is 0 Å². The van der Waals surface area contributed by atoms with Gasteiger partial charge in [-0.3, -0.25) is 0 Å². The van der Waals surface area contributed by atoms with Gasteiger partial charge in [-0.05, 0) is 36.2 Å². The molecule has 1 N–H and O–H groups in total. The van der Waals surface area contributed by atoms with Gasteiger partial charge in [-0.15, -0.1) is 0 Å². The number of benzene rings is 2. The van der Waals surface area contributed by atoms with Gasteiger partial charge < -0.3 is 10.2 Å².